The van der Waals surface area contributed by atoms with Crippen LogP contribution < -0.4 is 5.32 Å². The molecule has 25 heavy (non-hydrogen) atoms. The van der Waals surface area contributed by atoms with E-state index in [-0.39, 0.29) is 11.6 Å². The number of carboxylic acid groups (broad SMARTS) is 1. The molecule has 1 fully saturated rings. The number of aliphatic carboxylic acids is 1. The molecule has 0 radical (unpaired) electrons. The van der Waals surface area contributed by atoms with Gasteiger partial charge in [0.2, 0.25) is 5.91 Å². The number of nitrogens with zero attached hydrogens (tertiary/aromatic N) is 1. The fraction of sp³-hybridized carbons (Fsp3) is 0.529. The van der Waals surface area contributed by atoms with E-state index in [1.807, 2.05) is 0 Å². The summed E-state index contributed by atoms with van der Waals surface area (Å²) in [6.45, 7) is 3.54. The molecule has 3 atom stereocenters. The van der Waals surface area contributed by atoms with Crippen LogP contribution in [0, 0.1) is 16.0 Å². The molecule has 1 amide bonds. The Labute approximate surface area is 150 Å². The number of non-ortho nitro benzene ring substituents is 1. The predicted octanol–water partition coefficient (Wildman–Crippen LogP) is 3.23. The number of benzene rings is 1. The van der Waals surface area contributed by atoms with Crippen LogP contribution in [0.1, 0.15) is 39.5 Å². The highest BCUT2D eigenvalue weighted by Crippen LogP contribution is 2.34. The molecule has 1 aliphatic rings. The molecule has 0 saturated heterocycles. The molecule has 1 saturated carbocycles. The smallest absolute Gasteiger partial charge is 0.308 e. The predicted molar refractivity (Wildman–Crippen MR) is 94.6 cm³/mol. The molecule has 3 unspecified atom stereocenters. The molecular weight excluding hydrogens is 344 g/mol. The van der Waals surface area contributed by atoms with Gasteiger partial charge in [0, 0.05) is 17.0 Å². The molecule has 0 bridgehead atoms. The Bertz CT molecular complexity index is 664. The van der Waals surface area contributed by atoms with Crippen LogP contribution in [0.4, 0.5) is 5.69 Å². The second-order valence-electron chi connectivity index (χ2n) is 6.55. The average Bonchev–Trinajstić information content (AvgIpc) is 2.55. The van der Waals surface area contributed by atoms with Crippen molar-refractivity contribution in [1.29, 1.82) is 0 Å². The van der Waals surface area contributed by atoms with Crippen molar-refractivity contribution in [3.8, 4) is 0 Å². The first-order valence-corrected chi connectivity index (χ1v) is 9.07. The minimum absolute atomic E-state index is 0.000436. The van der Waals surface area contributed by atoms with E-state index in [0.717, 1.165) is 17.7 Å². The molecule has 1 aromatic carbocycles. The average molecular weight is 366 g/mol. The number of thioether (sulfide) groups is 1. The van der Waals surface area contributed by atoms with Crippen LogP contribution in [0.5, 0.6) is 0 Å². The molecule has 2 rings (SSSR count). The largest absolute Gasteiger partial charge is 0.481 e. The van der Waals surface area contributed by atoms with Gasteiger partial charge >= 0.3 is 5.97 Å². The molecule has 0 heterocycles. The summed E-state index contributed by atoms with van der Waals surface area (Å²) in [5.41, 5.74) is -0.744. The number of carbonyl (C=O) groups is 2. The zero-order valence-electron chi connectivity index (χ0n) is 14.2. The van der Waals surface area contributed by atoms with E-state index in [2.05, 4.69) is 5.32 Å². The lowest BCUT2D eigenvalue weighted by molar-refractivity contribution is -0.384. The van der Waals surface area contributed by atoms with Gasteiger partial charge in [0.15, 0.2) is 0 Å². The van der Waals surface area contributed by atoms with Crippen molar-refractivity contribution in [2.24, 2.45) is 5.92 Å². The summed E-state index contributed by atoms with van der Waals surface area (Å²) in [4.78, 5) is 35.0. The molecule has 0 aromatic heterocycles. The van der Waals surface area contributed by atoms with Crippen LogP contribution in [-0.2, 0) is 9.59 Å². The van der Waals surface area contributed by atoms with Crippen LogP contribution in [0.15, 0.2) is 29.2 Å². The Morgan fingerprint density at radius 3 is 2.56 bits per heavy atom. The third-order valence-electron chi connectivity index (χ3n) is 4.64. The van der Waals surface area contributed by atoms with Gasteiger partial charge in [-0.25, -0.2) is 0 Å². The Morgan fingerprint density at radius 2 is 2.00 bits per heavy atom. The Kier molecular flexibility index (Phi) is 6.05. The minimum atomic E-state index is -0.877. The molecule has 1 aromatic rings. The highest BCUT2D eigenvalue weighted by Gasteiger charge is 2.42. The van der Waals surface area contributed by atoms with Crippen molar-refractivity contribution >= 4 is 29.3 Å². The molecule has 0 aliphatic heterocycles. The summed E-state index contributed by atoms with van der Waals surface area (Å²) in [5.74, 6) is -1.68. The minimum Gasteiger partial charge on any atom is -0.481 e. The topological polar surface area (TPSA) is 110 Å². The van der Waals surface area contributed by atoms with Crippen molar-refractivity contribution < 1.29 is 19.6 Å². The maximum Gasteiger partial charge on any atom is 0.308 e. The Morgan fingerprint density at radius 1 is 1.36 bits per heavy atom. The highest BCUT2D eigenvalue weighted by atomic mass is 32.2. The van der Waals surface area contributed by atoms with E-state index in [4.69, 9.17) is 0 Å². The van der Waals surface area contributed by atoms with Gasteiger partial charge in [0.1, 0.15) is 0 Å². The monoisotopic (exact) mass is 366 g/mol. The fourth-order valence-electron chi connectivity index (χ4n) is 3.17. The van der Waals surface area contributed by atoms with Crippen LogP contribution in [-0.4, -0.2) is 32.7 Å². The maximum atomic E-state index is 12.5. The van der Waals surface area contributed by atoms with Gasteiger partial charge in [-0.1, -0.05) is 12.8 Å². The number of nitro benzene ring substituents is 1. The third-order valence-corrected chi connectivity index (χ3v) is 5.76. The van der Waals surface area contributed by atoms with Crippen LogP contribution in [0.2, 0.25) is 0 Å². The summed E-state index contributed by atoms with van der Waals surface area (Å²) in [6, 6.07) is 6.01. The summed E-state index contributed by atoms with van der Waals surface area (Å²) < 4.78 is 0. The first kappa shape index (κ1) is 19.2. The van der Waals surface area contributed by atoms with Crippen molar-refractivity contribution in [1.82, 2.24) is 5.32 Å². The summed E-state index contributed by atoms with van der Waals surface area (Å²) in [7, 11) is 0. The number of amides is 1. The number of carboxylic acids is 1. The van der Waals surface area contributed by atoms with E-state index < -0.39 is 27.6 Å². The Hall–Kier alpha value is -2.09. The molecule has 8 heteroatoms. The number of rotatable bonds is 6. The lowest BCUT2D eigenvalue weighted by atomic mass is 9.74. The van der Waals surface area contributed by atoms with E-state index in [0.29, 0.717) is 12.8 Å². The van der Waals surface area contributed by atoms with Gasteiger partial charge in [-0.3, -0.25) is 19.7 Å². The molecule has 2 N–H and O–H groups in total. The standard InChI is InChI=1S/C17H22N2O5S/c1-11(25-13-8-6-12(7-9-13)19(23)24)15(20)18-17(2)10-4-3-5-14(17)16(21)22/h6-9,11,14H,3-5,10H2,1-2H3,(H,18,20)(H,21,22). The van der Waals surface area contributed by atoms with Gasteiger partial charge in [0.05, 0.1) is 21.6 Å². The lowest BCUT2D eigenvalue weighted by Crippen LogP contribution is -2.56. The zero-order chi connectivity index (χ0) is 18.6. The first-order chi connectivity index (χ1) is 11.7. The van der Waals surface area contributed by atoms with Crippen molar-refractivity contribution in [3.05, 3.63) is 34.4 Å². The maximum absolute atomic E-state index is 12.5. The number of hydrogen-bond donors (Lipinski definition) is 2. The van der Waals surface area contributed by atoms with Crippen molar-refractivity contribution in [3.63, 3.8) is 0 Å². The normalized spacial score (nSPS) is 24.3. The molecular formula is C17H22N2O5S. The zero-order valence-corrected chi connectivity index (χ0v) is 15.0. The summed E-state index contributed by atoms with van der Waals surface area (Å²) in [6.07, 6.45) is 2.96. The fourth-order valence-corrected chi connectivity index (χ4v) is 4.03. The molecule has 7 nitrogen and oxygen atoms in total. The number of hydrogen-bond acceptors (Lipinski definition) is 5. The van der Waals surface area contributed by atoms with Crippen LogP contribution >= 0.6 is 11.8 Å². The van der Waals surface area contributed by atoms with Gasteiger partial charge in [-0.2, -0.15) is 0 Å². The van der Waals surface area contributed by atoms with E-state index >= 15 is 0 Å². The quantitative estimate of drug-likeness (QED) is 0.454. The summed E-state index contributed by atoms with van der Waals surface area (Å²) >= 11 is 1.29. The second kappa shape index (κ2) is 7.86. The van der Waals surface area contributed by atoms with Crippen LogP contribution in [0.3, 0.4) is 0 Å². The Balaban J connectivity index is 2.01. The van der Waals surface area contributed by atoms with Crippen molar-refractivity contribution in [2.75, 3.05) is 0 Å². The summed E-state index contributed by atoms with van der Waals surface area (Å²) in [5, 5.41) is 22.6. The number of nitro groups is 1. The molecule has 1 aliphatic carbocycles. The third kappa shape index (κ3) is 4.72. The van der Waals surface area contributed by atoms with E-state index in [9.17, 15) is 24.8 Å². The van der Waals surface area contributed by atoms with E-state index in [1.54, 1.807) is 26.0 Å². The molecule has 136 valence electrons. The number of carbonyl (C=O) groups excluding carboxylic acids is 1. The van der Waals surface area contributed by atoms with Crippen molar-refractivity contribution in [2.45, 2.75) is 55.2 Å². The second-order valence-corrected chi connectivity index (χ2v) is 7.97. The van der Waals surface area contributed by atoms with Gasteiger partial charge < -0.3 is 10.4 Å². The lowest BCUT2D eigenvalue weighted by Gasteiger charge is -2.40. The molecule has 0 spiro atoms. The SMILES string of the molecule is CC(Sc1ccc([N+](=O)[O-])cc1)C(=O)NC1(C)CCCCC1C(=O)O. The van der Waals surface area contributed by atoms with E-state index in [1.165, 1.54) is 23.9 Å². The highest BCUT2D eigenvalue weighted by molar-refractivity contribution is 8.00. The first-order valence-electron chi connectivity index (χ1n) is 8.19. The number of nitrogens with one attached hydrogen (secondary N) is 1. The van der Waals surface area contributed by atoms with Gasteiger partial charge in [-0.15, -0.1) is 11.8 Å². The van der Waals surface area contributed by atoms with Gasteiger partial charge in [-0.05, 0) is 38.8 Å². The van der Waals surface area contributed by atoms with Crippen LogP contribution in [0.25, 0.3) is 0 Å². The van der Waals surface area contributed by atoms with Gasteiger partial charge in [0.25, 0.3) is 5.69 Å².